The van der Waals surface area contributed by atoms with Crippen LogP contribution in [0.1, 0.15) is 63.1 Å². The quantitative estimate of drug-likeness (QED) is 0.786. The van der Waals surface area contributed by atoms with Gasteiger partial charge in [-0.25, -0.2) is 0 Å². The average Bonchev–Trinajstić information content (AvgIpc) is 3.26. The maximum absolute atomic E-state index is 13.2. The molecule has 0 saturated heterocycles. The van der Waals surface area contributed by atoms with Crippen LogP contribution in [0.5, 0.6) is 0 Å². The van der Waals surface area contributed by atoms with Gasteiger partial charge in [-0.2, -0.15) is 18.2 Å². The van der Waals surface area contributed by atoms with Crippen molar-refractivity contribution in [2.75, 3.05) is 7.11 Å². The van der Waals surface area contributed by atoms with Crippen LogP contribution in [0.2, 0.25) is 0 Å². The molecule has 4 fully saturated rings. The Hall–Kier alpha value is -1.60. The summed E-state index contributed by atoms with van der Waals surface area (Å²) in [7, 11) is 1.39. The number of carbonyl (C=O) groups is 1. The van der Waals surface area contributed by atoms with Gasteiger partial charge in [0.1, 0.15) is 5.41 Å². The number of nitrogens with zero attached hydrogens (tertiary/aromatic N) is 2. The average molecular weight is 344 g/mol. The number of rotatable bonds is 3. The molecule has 0 unspecified atom stereocenters. The number of ether oxygens (including phenoxy) is 1. The van der Waals surface area contributed by atoms with Crippen molar-refractivity contribution in [2.45, 2.75) is 68.4 Å². The van der Waals surface area contributed by atoms with Crippen LogP contribution in [-0.2, 0) is 20.4 Å². The molecule has 1 heterocycles. The highest BCUT2D eigenvalue weighted by Gasteiger charge is 2.68. The Labute approximate surface area is 136 Å². The molecule has 24 heavy (non-hydrogen) atoms. The Morgan fingerprint density at radius 3 is 2.12 bits per heavy atom. The standard InChI is InChI=1S/C16H19F3N2O3/c1-23-12(22)14-5-2-13(3-6-14,4-7-14)10-20-11(24-21-10)15(8-9-15)16(17,18)19/h2-9H2,1H3. The molecule has 132 valence electrons. The number of aromatic nitrogens is 2. The molecule has 1 aromatic rings. The van der Waals surface area contributed by atoms with Gasteiger partial charge in [-0.15, -0.1) is 0 Å². The first-order valence-electron chi connectivity index (χ1n) is 8.27. The zero-order valence-electron chi connectivity index (χ0n) is 13.4. The molecule has 8 heteroatoms. The van der Waals surface area contributed by atoms with Gasteiger partial charge in [0.15, 0.2) is 5.82 Å². The number of fused-ring (bicyclic) bond motifs is 3. The van der Waals surface area contributed by atoms with Gasteiger partial charge < -0.3 is 9.26 Å². The summed E-state index contributed by atoms with van der Waals surface area (Å²) < 4.78 is 49.6. The summed E-state index contributed by atoms with van der Waals surface area (Å²) in [6.45, 7) is 0. The number of carbonyl (C=O) groups excluding carboxylic acids is 1. The highest BCUT2D eigenvalue weighted by atomic mass is 19.4. The Morgan fingerprint density at radius 2 is 1.67 bits per heavy atom. The molecule has 5 rings (SSSR count). The van der Waals surface area contributed by atoms with Crippen LogP contribution in [-0.4, -0.2) is 29.4 Å². The van der Waals surface area contributed by atoms with E-state index in [2.05, 4.69) is 10.1 Å². The lowest BCUT2D eigenvalue weighted by atomic mass is 9.53. The Morgan fingerprint density at radius 1 is 1.08 bits per heavy atom. The number of hydrogen-bond acceptors (Lipinski definition) is 5. The topological polar surface area (TPSA) is 65.2 Å². The summed E-state index contributed by atoms with van der Waals surface area (Å²) in [5.74, 6) is -0.0976. The van der Waals surface area contributed by atoms with Crippen LogP contribution in [0.25, 0.3) is 0 Å². The predicted octanol–water partition coefficient (Wildman–Crippen LogP) is 3.43. The number of halogens is 3. The van der Waals surface area contributed by atoms with Crippen molar-refractivity contribution < 1.29 is 27.2 Å². The van der Waals surface area contributed by atoms with Crippen molar-refractivity contribution in [3.63, 3.8) is 0 Å². The number of methoxy groups -OCH3 is 1. The van der Waals surface area contributed by atoms with Gasteiger partial charge in [0.2, 0.25) is 5.89 Å². The van der Waals surface area contributed by atoms with Crippen LogP contribution in [0.4, 0.5) is 13.2 Å². The van der Waals surface area contributed by atoms with Crippen LogP contribution in [0, 0.1) is 5.41 Å². The van der Waals surface area contributed by atoms with E-state index >= 15 is 0 Å². The highest BCUT2D eigenvalue weighted by Crippen LogP contribution is 2.60. The zero-order valence-corrected chi connectivity index (χ0v) is 13.4. The van der Waals surface area contributed by atoms with Crippen molar-refractivity contribution in [1.82, 2.24) is 10.1 Å². The third kappa shape index (κ3) is 1.97. The van der Waals surface area contributed by atoms with E-state index in [-0.39, 0.29) is 30.1 Å². The van der Waals surface area contributed by atoms with Crippen molar-refractivity contribution >= 4 is 5.97 Å². The monoisotopic (exact) mass is 344 g/mol. The van der Waals surface area contributed by atoms with Gasteiger partial charge in [0.25, 0.3) is 0 Å². The fourth-order valence-electron chi connectivity index (χ4n) is 4.42. The second-order valence-corrected chi connectivity index (χ2v) is 7.56. The van der Waals surface area contributed by atoms with Crippen molar-refractivity contribution in [2.24, 2.45) is 5.41 Å². The van der Waals surface area contributed by atoms with E-state index in [1.165, 1.54) is 7.11 Å². The molecular weight excluding hydrogens is 325 g/mol. The van der Waals surface area contributed by atoms with Crippen LogP contribution < -0.4 is 0 Å². The molecular formula is C16H19F3N2O3. The molecule has 5 nitrogen and oxygen atoms in total. The first-order chi connectivity index (χ1) is 11.3. The minimum Gasteiger partial charge on any atom is -0.469 e. The van der Waals surface area contributed by atoms with Crippen LogP contribution in [0.3, 0.4) is 0 Å². The van der Waals surface area contributed by atoms with Crippen molar-refractivity contribution in [1.29, 1.82) is 0 Å². The fraction of sp³-hybridized carbons (Fsp3) is 0.812. The fourth-order valence-corrected chi connectivity index (χ4v) is 4.42. The van der Waals surface area contributed by atoms with Crippen LogP contribution >= 0.6 is 0 Å². The van der Waals surface area contributed by atoms with Crippen molar-refractivity contribution in [3.05, 3.63) is 11.7 Å². The summed E-state index contributed by atoms with van der Waals surface area (Å²) in [6.07, 6.45) is -0.309. The maximum atomic E-state index is 13.2. The van der Waals surface area contributed by atoms with E-state index in [0.717, 1.165) is 0 Å². The summed E-state index contributed by atoms with van der Waals surface area (Å²) in [6, 6.07) is 0. The maximum Gasteiger partial charge on any atom is 0.403 e. The number of alkyl halides is 3. The molecule has 0 aromatic carbocycles. The van der Waals surface area contributed by atoms with E-state index in [1.54, 1.807) is 0 Å². The molecule has 0 aliphatic heterocycles. The van der Waals surface area contributed by atoms with E-state index < -0.39 is 17.0 Å². The van der Waals surface area contributed by atoms with E-state index in [0.29, 0.717) is 44.3 Å². The number of esters is 1. The summed E-state index contributed by atoms with van der Waals surface area (Å²) in [5.41, 5.74) is -2.74. The highest BCUT2D eigenvalue weighted by molar-refractivity contribution is 5.77. The van der Waals surface area contributed by atoms with Gasteiger partial charge in [-0.1, -0.05) is 5.16 Å². The smallest absolute Gasteiger partial charge is 0.403 e. The molecule has 4 aliphatic carbocycles. The zero-order chi connectivity index (χ0) is 17.2. The van der Waals surface area contributed by atoms with E-state index in [4.69, 9.17) is 9.26 Å². The number of hydrogen-bond donors (Lipinski definition) is 0. The van der Waals surface area contributed by atoms with Gasteiger partial charge in [0, 0.05) is 5.41 Å². The summed E-state index contributed by atoms with van der Waals surface area (Å²) in [4.78, 5) is 16.2. The largest absolute Gasteiger partial charge is 0.469 e. The molecule has 4 aliphatic rings. The SMILES string of the molecule is COC(=O)C12CCC(c3noc(C4(C(F)(F)F)CC4)n3)(CC1)CC2. The lowest BCUT2D eigenvalue weighted by Crippen LogP contribution is -2.48. The van der Waals surface area contributed by atoms with E-state index in [1.807, 2.05) is 0 Å². The first kappa shape index (κ1) is 15.9. The third-order valence-corrected chi connectivity index (χ3v) is 6.47. The predicted molar refractivity (Wildman–Crippen MR) is 75.1 cm³/mol. The first-order valence-corrected chi connectivity index (χ1v) is 8.27. The molecule has 0 amide bonds. The molecule has 1 aromatic heterocycles. The third-order valence-electron chi connectivity index (χ3n) is 6.47. The second kappa shape index (κ2) is 4.73. The molecule has 0 N–H and O–H groups in total. The molecule has 4 saturated carbocycles. The Bertz CT molecular complexity index is 654. The summed E-state index contributed by atoms with van der Waals surface area (Å²) >= 11 is 0. The Kier molecular flexibility index (Phi) is 3.13. The molecule has 2 bridgehead atoms. The van der Waals surface area contributed by atoms with Gasteiger partial charge in [-0.3, -0.25) is 4.79 Å². The lowest BCUT2D eigenvalue weighted by Gasteiger charge is -2.50. The molecule has 0 radical (unpaired) electrons. The van der Waals surface area contributed by atoms with E-state index in [9.17, 15) is 18.0 Å². The normalized spacial score (nSPS) is 34.2. The van der Waals surface area contributed by atoms with Crippen molar-refractivity contribution in [3.8, 4) is 0 Å². The molecule has 0 spiro atoms. The second-order valence-electron chi connectivity index (χ2n) is 7.56. The van der Waals surface area contributed by atoms with Gasteiger partial charge >= 0.3 is 12.1 Å². The molecule has 0 atom stereocenters. The minimum atomic E-state index is -4.35. The van der Waals surface area contributed by atoms with Gasteiger partial charge in [-0.05, 0) is 51.4 Å². The van der Waals surface area contributed by atoms with Gasteiger partial charge in [0.05, 0.1) is 12.5 Å². The lowest BCUT2D eigenvalue weighted by molar-refractivity contribution is -0.166. The Balaban J connectivity index is 1.58. The minimum absolute atomic E-state index is 0.0105. The van der Waals surface area contributed by atoms with Crippen LogP contribution in [0.15, 0.2) is 4.52 Å². The summed E-state index contributed by atoms with van der Waals surface area (Å²) in [5, 5.41) is 3.91.